The van der Waals surface area contributed by atoms with Crippen LogP contribution in [-0.4, -0.2) is 18.4 Å². The highest BCUT2D eigenvalue weighted by molar-refractivity contribution is 6.06. The van der Waals surface area contributed by atoms with Gasteiger partial charge >= 0.3 is 0 Å². The molecule has 0 unspecified atom stereocenters. The van der Waals surface area contributed by atoms with Crippen molar-refractivity contribution in [2.75, 3.05) is 17.2 Å². The molecule has 0 fully saturated rings. The third-order valence-corrected chi connectivity index (χ3v) is 5.45. The fourth-order valence-electron chi connectivity index (χ4n) is 3.34. The molecule has 5 heteroatoms. The van der Waals surface area contributed by atoms with Crippen LogP contribution in [0.25, 0.3) is 0 Å². The summed E-state index contributed by atoms with van der Waals surface area (Å²) in [4.78, 5) is 25.4. The van der Waals surface area contributed by atoms with E-state index in [1.54, 1.807) is 42.5 Å². The molecule has 0 atom stereocenters. The fraction of sp³-hybridized carbons (Fsp3) is 0.310. The van der Waals surface area contributed by atoms with Crippen molar-refractivity contribution >= 4 is 23.2 Å². The van der Waals surface area contributed by atoms with E-state index in [2.05, 4.69) is 45.3 Å². The molecule has 0 heterocycles. The predicted octanol–water partition coefficient (Wildman–Crippen LogP) is 6.91. The quantitative estimate of drug-likeness (QED) is 0.385. The molecule has 178 valence electrons. The van der Waals surface area contributed by atoms with Gasteiger partial charge < -0.3 is 15.4 Å². The molecule has 0 aliphatic carbocycles. The van der Waals surface area contributed by atoms with E-state index >= 15 is 0 Å². The lowest BCUT2D eigenvalue weighted by Crippen LogP contribution is -2.15. The second kappa shape index (κ2) is 11.0. The Morgan fingerprint density at radius 2 is 1.38 bits per heavy atom. The van der Waals surface area contributed by atoms with Crippen LogP contribution < -0.4 is 15.4 Å². The standard InChI is InChI=1S/C29H34N2O3/c1-20(2)16-17-34-26-11-6-8-22(18-26)28(33)31-25-10-7-9-24(19-25)30-27(32)21-12-14-23(15-13-21)29(3,4)5/h6-15,18-20H,16-17H2,1-5H3,(H,30,32)(H,31,33). The number of anilines is 2. The van der Waals surface area contributed by atoms with Gasteiger partial charge in [0, 0.05) is 22.5 Å². The Hall–Kier alpha value is -3.60. The van der Waals surface area contributed by atoms with E-state index in [1.165, 1.54) is 5.56 Å². The SMILES string of the molecule is CC(C)CCOc1cccc(C(=O)Nc2cccc(NC(=O)c3ccc(C(C)(C)C)cc3)c2)c1. The van der Waals surface area contributed by atoms with Crippen molar-refractivity contribution in [2.45, 2.75) is 46.5 Å². The van der Waals surface area contributed by atoms with Crippen LogP contribution in [0.4, 0.5) is 11.4 Å². The van der Waals surface area contributed by atoms with Crippen molar-refractivity contribution < 1.29 is 14.3 Å². The van der Waals surface area contributed by atoms with Crippen LogP contribution in [0.5, 0.6) is 5.75 Å². The number of ether oxygens (including phenoxy) is 1. The summed E-state index contributed by atoms with van der Waals surface area (Å²) in [6, 6.07) is 21.9. The number of amides is 2. The van der Waals surface area contributed by atoms with E-state index in [4.69, 9.17) is 4.74 Å². The molecule has 2 N–H and O–H groups in total. The Morgan fingerprint density at radius 1 is 0.794 bits per heavy atom. The molecule has 3 aromatic carbocycles. The maximum atomic E-state index is 12.8. The molecule has 0 radical (unpaired) electrons. The highest BCUT2D eigenvalue weighted by atomic mass is 16.5. The lowest BCUT2D eigenvalue weighted by atomic mass is 9.87. The molecule has 0 spiro atoms. The lowest BCUT2D eigenvalue weighted by Gasteiger charge is -2.19. The minimum atomic E-state index is -0.240. The van der Waals surface area contributed by atoms with E-state index in [0.29, 0.717) is 40.8 Å². The molecule has 3 aromatic rings. The molecule has 0 saturated carbocycles. The second-order valence-corrected chi connectivity index (χ2v) is 9.88. The normalized spacial score (nSPS) is 11.2. The molecule has 0 bridgehead atoms. The molecule has 3 rings (SSSR count). The minimum absolute atomic E-state index is 0.0290. The van der Waals surface area contributed by atoms with E-state index in [-0.39, 0.29) is 17.2 Å². The summed E-state index contributed by atoms with van der Waals surface area (Å²) >= 11 is 0. The molecule has 0 aromatic heterocycles. The minimum Gasteiger partial charge on any atom is -0.494 e. The third-order valence-electron chi connectivity index (χ3n) is 5.45. The highest BCUT2D eigenvalue weighted by Crippen LogP contribution is 2.23. The van der Waals surface area contributed by atoms with E-state index in [9.17, 15) is 9.59 Å². The zero-order valence-electron chi connectivity index (χ0n) is 20.6. The van der Waals surface area contributed by atoms with Crippen LogP contribution >= 0.6 is 0 Å². The van der Waals surface area contributed by atoms with Crippen LogP contribution in [0, 0.1) is 5.92 Å². The largest absolute Gasteiger partial charge is 0.494 e. The van der Waals surface area contributed by atoms with Crippen molar-refractivity contribution in [1.82, 2.24) is 0 Å². The molecule has 0 aliphatic heterocycles. The van der Waals surface area contributed by atoms with Crippen LogP contribution in [0.3, 0.4) is 0 Å². The summed E-state index contributed by atoms with van der Waals surface area (Å²) in [5, 5.41) is 5.79. The van der Waals surface area contributed by atoms with Crippen molar-refractivity contribution in [1.29, 1.82) is 0 Å². The van der Waals surface area contributed by atoms with Gasteiger partial charge in [0.25, 0.3) is 11.8 Å². The van der Waals surface area contributed by atoms with E-state index < -0.39 is 0 Å². The van der Waals surface area contributed by atoms with E-state index in [0.717, 1.165) is 6.42 Å². The Kier molecular flexibility index (Phi) is 8.11. The van der Waals surface area contributed by atoms with Gasteiger partial charge in [0.2, 0.25) is 0 Å². The molecule has 5 nitrogen and oxygen atoms in total. The van der Waals surface area contributed by atoms with Gasteiger partial charge in [-0.3, -0.25) is 9.59 Å². The first kappa shape index (κ1) is 25.0. The van der Waals surface area contributed by atoms with Gasteiger partial charge in [0.1, 0.15) is 5.75 Å². The third kappa shape index (κ3) is 7.20. The van der Waals surface area contributed by atoms with Crippen LogP contribution in [0.15, 0.2) is 72.8 Å². The highest BCUT2D eigenvalue weighted by Gasteiger charge is 2.15. The first-order valence-electron chi connectivity index (χ1n) is 11.7. The molecule has 34 heavy (non-hydrogen) atoms. The van der Waals surface area contributed by atoms with Crippen molar-refractivity contribution in [2.24, 2.45) is 5.92 Å². The summed E-state index contributed by atoms with van der Waals surface area (Å²) in [6.07, 6.45) is 0.954. The molecule has 0 aliphatic rings. The molecular formula is C29H34N2O3. The van der Waals surface area contributed by atoms with Gasteiger partial charge in [-0.15, -0.1) is 0 Å². The number of nitrogens with one attached hydrogen (secondary N) is 2. The summed E-state index contributed by atoms with van der Waals surface area (Å²) in [6.45, 7) is 11.3. The summed E-state index contributed by atoms with van der Waals surface area (Å²) in [5.41, 5.74) is 3.49. The number of hydrogen-bond donors (Lipinski definition) is 2. The van der Waals surface area contributed by atoms with E-state index in [1.807, 2.05) is 30.3 Å². The number of rotatable bonds is 8. The second-order valence-electron chi connectivity index (χ2n) is 9.88. The maximum absolute atomic E-state index is 12.8. The summed E-state index contributed by atoms with van der Waals surface area (Å²) in [5.74, 6) is 0.791. The average Bonchev–Trinajstić information content (AvgIpc) is 2.79. The van der Waals surface area contributed by atoms with Crippen molar-refractivity contribution in [3.63, 3.8) is 0 Å². The van der Waals surface area contributed by atoms with Gasteiger partial charge in [-0.2, -0.15) is 0 Å². The van der Waals surface area contributed by atoms with Crippen LogP contribution in [-0.2, 0) is 5.41 Å². The van der Waals surface area contributed by atoms with Crippen molar-refractivity contribution in [3.8, 4) is 5.75 Å². The van der Waals surface area contributed by atoms with Crippen LogP contribution in [0.1, 0.15) is 67.3 Å². The Balaban J connectivity index is 1.63. The summed E-state index contributed by atoms with van der Waals surface area (Å²) in [7, 11) is 0. The predicted molar refractivity (Wildman–Crippen MR) is 139 cm³/mol. The number of carbonyl (C=O) groups is 2. The maximum Gasteiger partial charge on any atom is 0.255 e. The van der Waals surface area contributed by atoms with Gasteiger partial charge in [-0.1, -0.05) is 58.9 Å². The first-order chi connectivity index (χ1) is 16.1. The first-order valence-corrected chi connectivity index (χ1v) is 11.7. The van der Waals surface area contributed by atoms with Crippen molar-refractivity contribution in [3.05, 3.63) is 89.5 Å². The Bertz CT molecular complexity index is 1130. The number of hydrogen-bond acceptors (Lipinski definition) is 3. The Labute approximate surface area is 202 Å². The zero-order chi connectivity index (χ0) is 24.7. The van der Waals surface area contributed by atoms with Crippen LogP contribution in [0.2, 0.25) is 0 Å². The molecule has 0 saturated heterocycles. The smallest absolute Gasteiger partial charge is 0.255 e. The molecule has 2 amide bonds. The number of benzene rings is 3. The lowest BCUT2D eigenvalue weighted by molar-refractivity contribution is 0.101. The zero-order valence-corrected chi connectivity index (χ0v) is 20.6. The fourth-order valence-corrected chi connectivity index (χ4v) is 3.34. The topological polar surface area (TPSA) is 67.4 Å². The van der Waals surface area contributed by atoms with Gasteiger partial charge in [0.15, 0.2) is 0 Å². The average molecular weight is 459 g/mol. The van der Waals surface area contributed by atoms with Gasteiger partial charge in [-0.05, 0) is 71.8 Å². The van der Waals surface area contributed by atoms with Gasteiger partial charge in [0.05, 0.1) is 6.61 Å². The molecular weight excluding hydrogens is 424 g/mol. The monoisotopic (exact) mass is 458 g/mol. The summed E-state index contributed by atoms with van der Waals surface area (Å²) < 4.78 is 5.76. The van der Waals surface area contributed by atoms with Gasteiger partial charge in [-0.25, -0.2) is 0 Å². The Morgan fingerprint density at radius 3 is 1.97 bits per heavy atom. The number of carbonyl (C=O) groups excluding carboxylic acids is 2.